The van der Waals surface area contributed by atoms with E-state index in [-0.39, 0.29) is 34.7 Å². The molecule has 2 aromatic carbocycles. The summed E-state index contributed by atoms with van der Waals surface area (Å²) in [5.74, 6) is -4.40. The first-order valence-electron chi connectivity index (χ1n) is 19.0. The molecule has 11 nitrogen and oxygen atoms in total. The number of carboxylic acids is 3. The van der Waals surface area contributed by atoms with Gasteiger partial charge in [-0.2, -0.15) is 0 Å². The van der Waals surface area contributed by atoms with Crippen molar-refractivity contribution in [2.24, 2.45) is 16.2 Å². The van der Waals surface area contributed by atoms with Crippen LogP contribution >= 0.6 is 0 Å². The van der Waals surface area contributed by atoms with Crippen LogP contribution in [0.25, 0.3) is 0 Å². The number of rotatable bonds is 20. The Morgan fingerprint density at radius 3 is 0.764 bits per heavy atom. The Hall–Kier alpha value is -3.47. The number of hydrogen-bond acceptors (Lipinski definition) is 11. The molecule has 55 heavy (non-hydrogen) atoms. The zero-order valence-electron chi connectivity index (χ0n) is 34.4. The van der Waals surface area contributed by atoms with Crippen LogP contribution in [-0.2, 0) is 28.8 Å². The number of benzene rings is 2. The van der Waals surface area contributed by atoms with E-state index in [1.165, 1.54) is 0 Å². The second kappa shape index (κ2) is 28.0. The molecule has 0 fully saturated rings. The molecule has 0 bridgehead atoms. The smallest absolute Gasteiger partial charge is 0.550 e. The van der Waals surface area contributed by atoms with Gasteiger partial charge >= 0.3 is 25.9 Å². The predicted octanol–water partition coefficient (Wildman–Crippen LogP) is 2.58. The molecule has 0 aliphatic heterocycles. The van der Waals surface area contributed by atoms with E-state index in [4.69, 9.17) is 0 Å². The topological polar surface area (TPSA) is 212 Å². The Balaban J connectivity index is -0.000000654. The quantitative estimate of drug-likeness (QED) is 0.147. The maximum atomic E-state index is 11.5. The van der Waals surface area contributed by atoms with E-state index < -0.39 is 62.0 Å². The number of aliphatic carboxylic acids is 3. The van der Waals surface area contributed by atoms with Crippen LogP contribution in [0.1, 0.15) is 139 Å². The molecule has 2 rings (SSSR count). The average Bonchev–Trinajstić information content (AvgIpc) is 3.15. The molecular formula is C42H63AlO11Si. The minimum Gasteiger partial charge on any atom is -0.550 e. The Kier molecular flexibility index (Phi) is 28.4. The van der Waals surface area contributed by atoms with E-state index in [9.17, 15) is 53.7 Å². The van der Waals surface area contributed by atoms with E-state index >= 15 is 0 Å². The summed E-state index contributed by atoms with van der Waals surface area (Å²) in [6.45, 7) is 17.3. The van der Waals surface area contributed by atoms with Crippen molar-refractivity contribution in [3.63, 3.8) is 0 Å². The molecule has 0 radical (unpaired) electrons. The molecule has 2 aromatic rings. The molecule has 0 aliphatic carbocycles. The fraction of sp³-hybridized carbons (Fsp3) is 0.571. The van der Waals surface area contributed by atoms with Gasteiger partial charge in [-0.3, -0.25) is 14.4 Å². The maximum absolute atomic E-state index is 11.5. The molecule has 0 atom stereocenters. The van der Waals surface area contributed by atoms with Crippen molar-refractivity contribution >= 4 is 71.6 Å². The van der Waals surface area contributed by atoms with Gasteiger partial charge in [-0.15, -0.1) is 0 Å². The summed E-state index contributed by atoms with van der Waals surface area (Å²) in [4.78, 5) is 85.8. The minimum absolute atomic E-state index is 0. The molecule has 0 heterocycles. The monoisotopic (exact) mass is 798 g/mol. The second-order valence-electron chi connectivity index (χ2n) is 13.3. The summed E-state index contributed by atoms with van der Waals surface area (Å²) >= 11 is 0. The summed E-state index contributed by atoms with van der Waals surface area (Å²) in [5.41, 5.74) is -1.33. The van der Waals surface area contributed by atoms with Crippen molar-refractivity contribution in [3.05, 3.63) is 60.7 Å². The third-order valence-corrected chi connectivity index (χ3v) is 13.4. The van der Waals surface area contributed by atoms with E-state index in [0.29, 0.717) is 68.2 Å². The van der Waals surface area contributed by atoms with Gasteiger partial charge in [-0.1, -0.05) is 123 Å². The van der Waals surface area contributed by atoms with Crippen LogP contribution in [0.3, 0.4) is 0 Å². The summed E-state index contributed by atoms with van der Waals surface area (Å²) < 4.78 is 0. The summed E-state index contributed by atoms with van der Waals surface area (Å²) in [6.07, 6.45) is 4.96. The fourth-order valence-corrected chi connectivity index (χ4v) is 8.14. The molecule has 0 unspecified atom stereocenters. The first kappa shape index (κ1) is 55.9. The Labute approximate surface area is 340 Å². The van der Waals surface area contributed by atoms with Crippen LogP contribution in [0.4, 0.5) is 0 Å². The van der Waals surface area contributed by atoms with Crippen molar-refractivity contribution in [2.45, 2.75) is 139 Å². The minimum atomic E-state index is -3.46. The Morgan fingerprint density at radius 1 is 0.436 bits per heavy atom. The predicted molar refractivity (Wildman–Crippen MR) is 212 cm³/mol. The van der Waals surface area contributed by atoms with Crippen LogP contribution in [0.2, 0.25) is 0 Å². The van der Waals surface area contributed by atoms with E-state index in [2.05, 4.69) is 0 Å². The first-order valence-corrected chi connectivity index (χ1v) is 20.9. The van der Waals surface area contributed by atoms with E-state index in [1.807, 2.05) is 98.7 Å². The largest absolute Gasteiger partial charge is 3.00 e. The number of Topliss-reactive ketones (excluding diaryl/α,β-unsaturated/α-hetero) is 3. The Bertz CT molecular complexity index is 1260. The Morgan fingerprint density at radius 2 is 0.618 bits per heavy atom. The van der Waals surface area contributed by atoms with Gasteiger partial charge in [0, 0.05) is 53.4 Å². The van der Waals surface area contributed by atoms with Gasteiger partial charge in [0.25, 0.3) is 0 Å². The molecule has 0 spiro atoms. The molecule has 0 aliphatic rings. The van der Waals surface area contributed by atoms with Crippen LogP contribution in [-0.4, -0.2) is 70.8 Å². The van der Waals surface area contributed by atoms with Crippen LogP contribution in [0, 0.1) is 16.2 Å². The molecule has 2 N–H and O–H groups in total. The maximum Gasteiger partial charge on any atom is 3.00 e. The van der Waals surface area contributed by atoms with Gasteiger partial charge in [-0.05, 0) is 68.2 Å². The zero-order valence-corrected chi connectivity index (χ0v) is 36.6. The summed E-state index contributed by atoms with van der Waals surface area (Å²) in [5, 5.41) is 32.0. The van der Waals surface area contributed by atoms with Crippen LogP contribution < -0.4 is 25.7 Å². The molecule has 304 valence electrons. The van der Waals surface area contributed by atoms with Crippen molar-refractivity contribution < 1.29 is 53.7 Å². The number of hydrogen-bond donors (Lipinski definition) is 2. The second-order valence-corrected chi connectivity index (χ2v) is 15.8. The normalized spacial score (nSPS) is 11.1. The molecule has 13 heteroatoms. The zero-order chi connectivity index (χ0) is 42.2. The van der Waals surface area contributed by atoms with Crippen molar-refractivity contribution in [1.82, 2.24) is 0 Å². The van der Waals surface area contributed by atoms with Crippen LogP contribution in [0.5, 0.6) is 0 Å². The molecule has 0 aromatic heterocycles. The van der Waals surface area contributed by atoms with Gasteiger partial charge in [0.15, 0.2) is 0 Å². The van der Waals surface area contributed by atoms with E-state index in [0.717, 1.165) is 0 Å². The number of carbonyl (C=O) groups is 6. The fourth-order valence-electron chi connectivity index (χ4n) is 6.49. The number of ketones is 3. The number of carbonyl (C=O) groups excluding carboxylic acids is 6. The molecule has 0 saturated heterocycles. The average molecular weight is 799 g/mol. The van der Waals surface area contributed by atoms with Gasteiger partial charge < -0.3 is 39.3 Å². The van der Waals surface area contributed by atoms with Gasteiger partial charge in [0.1, 0.15) is 17.3 Å². The standard InChI is InChI=1S/C12H12O2Si.3C10H18O3.Al/c13-15(14,11-7-3-1-4-8-11)12-9-5-2-6-10-12;3*1-4-10(5-2,6-3)8(11)7-9(12)13;/h1-10,13-14H;3*4-7H2,1-3H3,(H,12,13);/q;;;;+3/p-3. The third kappa shape index (κ3) is 17.9. The third-order valence-electron chi connectivity index (χ3n) is 11.1. The van der Waals surface area contributed by atoms with Crippen molar-refractivity contribution in [1.29, 1.82) is 0 Å². The SMILES string of the molecule is CCC(CC)(CC)C(=O)CC(=O)[O-].CCC(CC)(CC)C(=O)CC(=O)[O-].CCC(CC)(CC)C(=O)CC(=O)[O-].O[Si](O)(c1ccccc1)c1ccccc1.[Al+3]. The van der Waals surface area contributed by atoms with Gasteiger partial charge in [0.2, 0.25) is 0 Å². The van der Waals surface area contributed by atoms with Gasteiger partial charge in [0.05, 0.1) is 0 Å². The molecule has 0 saturated carbocycles. The van der Waals surface area contributed by atoms with Gasteiger partial charge in [-0.25, -0.2) is 0 Å². The summed E-state index contributed by atoms with van der Waals surface area (Å²) in [7, 11) is -3.46. The molecular weight excluding hydrogens is 736 g/mol. The van der Waals surface area contributed by atoms with Crippen molar-refractivity contribution in [2.75, 3.05) is 0 Å². The van der Waals surface area contributed by atoms with Crippen LogP contribution in [0.15, 0.2) is 60.7 Å². The first-order chi connectivity index (χ1) is 25.3. The van der Waals surface area contributed by atoms with E-state index in [1.54, 1.807) is 24.3 Å². The molecule has 0 amide bonds. The van der Waals surface area contributed by atoms with Crippen molar-refractivity contribution in [3.8, 4) is 0 Å². The number of carboxylic acid groups (broad SMARTS) is 3. The summed E-state index contributed by atoms with van der Waals surface area (Å²) in [6, 6.07) is 18.0.